The molecule has 0 N–H and O–H groups in total. The van der Waals surface area contributed by atoms with E-state index in [1.54, 1.807) is 48.8 Å². The number of halogens is 1. The molecule has 0 radical (unpaired) electrons. The Balaban J connectivity index is 1.62. The summed E-state index contributed by atoms with van der Waals surface area (Å²) in [4.78, 5) is 25.3. The SMILES string of the molecule is CCOP(=O)(/C=C/[C@@H]1CC(OC(=O)c2ccccc2)[C@H](n2cnc3c(Cl)ncnc32)O1)OCC. The van der Waals surface area contributed by atoms with Gasteiger partial charge in [0.2, 0.25) is 0 Å². The summed E-state index contributed by atoms with van der Waals surface area (Å²) in [6.07, 6.45) is 2.76. The van der Waals surface area contributed by atoms with Gasteiger partial charge in [0, 0.05) is 12.2 Å². The van der Waals surface area contributed by atoms with Gasteiger partial charge in [-0.05, 0) is 32.1 Å². The fourth-order valence-corrected chi connectivity index (χ4v) is 5.16. The predicted octanol–water partition coefficient (Wildman–Crippen LogP) is 4.77. The number of hydrogen-bond acceptors (Lipinski definition) is 9. The molecule has 0 aliphatic carbocycles. The Morgan fingerprint density at radius 3 is 2.65 bits per heavy atom. The third-order valence-electron chi connectivity index (χ3n) is 5.05. The molecule has 1 aromatic carbocycles. The number of hydrogen-bond donors (Lipinski definition) is 0. The van der Waals surface area contributed by atoms with Crippen LogP contribution in [-0.4, -0.2) is 50.9 Å². The molecule has 0 spiro atoms. The van der Waals surface area contributed by atoms with E-state index in [4.69, 9.17) is 30.1 Å². The molecule has 3 aromatic rings. The number of carbonyl (C=O) groups is 1. The molecule has 10 nitrogen and oxygen atoms in total. The number of carbonyl (C=O) groups excluding carboxylic acids is 1. The van der Waals surface area contributed by atoms with Gasteiger partial charge in [0.1, 0.15) is 11.8 Å². The maximum absolute atomic E-state index is 12.8. The molecule has 2 aromatic heterocycles. The molecule has 4 rings (SSSR count). The fraction of sp³-hybridized carbons (Fsp3) is 0.364. The van der Waals surface area contributed by atoms with Crippen LogP contribution in [0.15, 0.2) is 54.9 Å². The Morgan fingerprint density at radius 1 is 1.21 bits per heavy atom. The van der Waals surface area contributed by atoms with Gasteiger partial charge in [-0.3, -0.25) is 9.13 Å². The van der Waals surface area contributed by atoms with Crippen molar-refractivity contribution in [2.24, 2.45) is 0 Å². The number of rotatable bonds is 9. The number of benzene rings is 1. The molecule has 1 unspecified atom stereocenters. The third kappa shape index (κ3) is 5.37. The number of ether oxygens (including phenoxy) is 2. The lowest BCUT2D eigenvalue weighted by Crippen LogP contribution is -2.25. The van der Waals surface area contributed by atoms with Gasteiger partial charge in [-0.2, -0.15) is 0 Å². The van der Waals surface area contributed by atoms with Crippen molar-refractivity contribution in [3.8, 4) is 0 Å². The first kappa shape index (κ1) is 24.5. The topological polar surface area (TPSA) is 115 Å². The van der Waals surface area contributed by atoms with Gasteiger partial charge in [-0.15, -0.1) is 0 Å². The van der Waals surface area contributed by atoms with Crippen molar-refractivity contribution in [2.45, 2.75) is 38.7 Å². The molecule has 12 heteroatoms. The summed E-state index contributed by atoms with van der Waals surface area (Å²) in [5.74, 6) is 0.893. The minimum Gasteiger partial charge on any atom is -0.454 e. The smallest absolute Gasteiger partial charge is 0.353 e. The first-order valence-electron chi connectivity index (χ1n) is 10.8. The van der Waals surface area contributed by atoms with Crippen LogP contribution in [0.2, 0.25) is 5.15 Å². The van der Waals surface area contributed by atoms with Crippen LogP contribution in [0.4, 0.5) is 0 Å². The zero-order valence-corrected chi connectivity index (χ0v) is 20.3. The highest BCUT2D eigenvalue weighted by atomic mass is 35.5. The fourth-order valence-electron chi connectivity index (χ4n) is 3.62. The molecule has 0 bridgehead atoms. The molecular formula is C22H24ClN4O6P. The molecule has 0 saturated carbocycles. The number of nitrogens with zero attached hydrogens (tertiary/aromatic N) is 4. The first-order valence-corrected chi connectivity index (χ1v) is 12.8. The number of esters is 1. The highest BCUT2D eigenvalue weighted by molar-refractivity contribution is 7.57. The average molecular weight is 507 g/mol. The van der Waals surface area contributed by atoms with Crippen LogP contribution in [0.1, 0.15) is 36.9 Å². The summed E-state index contributed by atoms with van der Waals surface area (Å²) in [5, 5.41) is 0.199. The molecule has 3 heterocycles. The predicted molar refractivity (Wildman–Crippen MR) is 125 cm³/mol. The number of aromatic nitrogens is 4. The zero-order valence-electron chi connectivity index (χ0n) is 18.6. The van der Waals surface area contributed by atoms with Crippen LogP contribution in [0.5, 0.6) is 0 Å². The molecule has 34 heavy (non-hydrogen) atoms. The van der Waals surface area contributed by atoms with Crippen LogP contribution in [0.25, 0.3) is 11.2 Å². The van der Waals surface area contributed by atoms with Crippen LogP contribution in [0.3, 0.4) is 0 Å². The van der Waals surface area contributed by atoms with Crippen molar-refractivity contribution in [3.63, 3.8) is 0 Å². The van der Waals surface area contributed by atoms with E-state index in [0.29, 0.717) is 23.1 Å². The Morgan fingerprint density at radius 2 is 1.94 bits per heavy atom. The van der Waals surface area contributed by atoms with Gasteiger partial charge < -0.3 is 18.5 Å². The van der Waals surface area contributed by atoms with E-state index in [-0.39, 0.29) is 18.4 Å². The van der Waals surface area contributed by atoms with Gasteiger partial charge >= 0.3 is 13.6 Å². The van der Waals surface area contributed by atoms with Gasteiger partial charge in [0.05, 0.1) is 31.2 Å². The van der Waals surface area contributed by atoms with E-state index < -0.39 is 32.0 Å². The summed E-state index contributed by atoms with van der Waals surface area (Å²) < 4.78 is 37.1. The highest BCUT2D eigenvalue weighted by Crippen LogP contribution is 2.50. The number of imidazole rings is 1. The van der Waals surface area contributed by atoms with Crippen LogP contribution in [0, 0.1) is 0 Å². The Hall–Kier alpha value is -2.62. The van der Waals surface area contributed by atoms with Crippen molar-refractivity contribution in [1.29, 1.82) is 0 Å². The minimum atomic E-state index is -3.42. The summed E-state index contributed by atoms with van der Waals surface area (Å²) in [5.41, 5.74) is 1.25. The Kier molecular flexibility index (Phi) is 7.75. The second kappa shape index (κ2) is 10.8. The van der Waals surface area contributed by atoms with E-state index in [0.717, 1.165) is 0 Å². The van der Waals surface area contributed by atoms with Crippen molar-refractivity contribution in [1.82, 2.24) is 19.5 Å². The second-order valence-electron chi connectivity index (χ2n) is 7.32. The Labute approximate surface area is 201 Å². The molecule has 0 amide bonds. The van der Waals surface area contributed by atoms with Crippen molar-refractivity contribution in [3.05, 3.63) is 65.6 Å². The standard InChI is InChI=1S/C22H24ClN4O6P/c1-3-30-34(29,31-4-2)11-10-16-12-17(33-22(28)15-8-6-5-7-9-15)21(32-16)27-14-26-18-19(23)24-13-25-20(18)27/h5-11,13-14,16-17,21H,3-4,12H2,1-2H3/b11-10+/t16-,17?,21-/m1/s1. The van der Waals surface area contributed by atoms with Crippen molar-refractivity contribution in [2.75, 3.05) is 13.2 Å². The largest absolute Gasteiger partial charge is 0.454 e. The summed E-state index contributed by atoms with van der Waals surface area (Å²) in [6, 6.07) is 8.67. The number of fused-ring (bicyclic) bond motifs is 1. The summed E-state index contributed by atoms with van der Waals surface area (Å²) in [6.45, 7) is 3.93. The second-order valence-corrected chi connectivity index (χ2v) is 9.57. The van der Waals surface area contributed by atoms with Crippen molar-refractivity contribution < 1.29 is 27.9 Å². The van der Waals surface area contributed by atoms with Crippen LogP contribution in [-0.2, 0) is 23.1 Å². The van der Waals surface area contributed by atoms with Gasteiger partial charge in [0.15, 0.2) is 23.1 Å². The van der Waals surface area contributed by atoms with E-state index in [2.05, 4.69) is 15.0 Å². The van der Waals surface area contributed by atoms with Gasteiger partial charge in [0.25, 0.3) is 0 Å². The molecule has 1 aliphatic heterocycles. The van der Waals surface area contributed by atoms with E-state index >= 15 is 0 Å². The monoisotopic (exact) mass is 506 g/mol. The molecule has 1 saturated heterocycles. The zero-order chi connectivity index (χ0) is 24.1. The highest BCUT2D eigenvalue weighted by Gasteiger charge is 2.40. The summed E-state index contributed by atoms with van der Waals surface area (Å²) in [7, 11) is -3.42. The van der Waals surface area contributed by atoms with Gasteiger partial charge in [-0.1, -0.05) is 29.8 Å². The van der Waals surface area contributed by atoms with Gasteiger partial charge in [-0.25, -0.2) is 19.7 Å². The molecule has 1 fully saturated rings. The van der Waals surface area contributed by atoms with E-state index in [1.165, 1.54) is 18.5 Å². The maximum Gasteiger partial charge on any atom is 0.353 e. The molecular weight excluding hydrogens is 483 g/mol. The first-order chi connectivity index (χ1) is 16.4. The normalized spacial score (nSPS) is 20.9. The third-order valence-corrected chi connectivity index (χ3v) is 7.10. The quantitative estimate of drug-likeness (QED) is 0.230. The maximum atomic E-state index is 12.8. The summed E-state index contributed by atoms with van der Waals surface area (Å²) >= 11 is 6.14. The van der Waals surface area contributed by atoms with Crippen LogP contribution < -0.4 is 0 Å². The molecule has 1 aliphatic rings. The van der Waals surface area contributed by atoms with Crippen molar-refractivity contribution >= 4 is 36.3 Å². The lowest BCUT2D eigenvalue weighted by molar-refractivity contribution is -0.0381. The lowest BCUT2D eigenvalue weighted by Gasteiger charge is -2.20. The molecule has 3 atom stereocenters. The average Bonchev–Trinajstić information content (AvgIpc) is 3.43. The van der Waals surface area contributed by atoms with Crippen LogP contribution >= 0.6 is 19.2 Å². The van der Waals surface area contributed by atoms with E-state index in [1.807, 2.05) is 6.07 Å². The minimum absolute atomic E-state index is 0.199. The Bertz CT molecular complexity index is 1210. The molecule has 180 valence electrons. The van der Waals surface area contributed by atoms with E-state index in [9.17, 15) is 9.36 Å². The lowest BCUT2D eigenvalue weighted by atomic mass is 10.2.